The number of benzene rings is 2. The van der Waals surface area contributed by atoms with Gasteiger partial charge in [0.2, 0.25) is 0 Å². The van der Waals surface area contributed by atoms with Crippen LogP contribution in [0.3, 0.4) is 0 Å². The Morgan fingerprint density at radius 3 is 2.62 bits per heavy atom. The SMILES string of the molecule is COCCN1C[C@@H](NC(=O)Nc2cc(-c3ccccc3)cnc2C)[C@H](c2ccc(F)c(F)c2)C1. The van der Waals surface area contributed by atoms with E-state index in [9.17, 15) is 13.6 Å². The van der Waals surface area contributed by atoms with Crippen LogP contribution in [0.4, 0.5) is 19.3 Å². The quantitative estimate of drug-likeness (QED) is 0.535. The number of hydrogen-bond acceptors (Lipinski definition) is 4. The number of halogens is 2. The van der Waals surface area contributed by atoms with Crippen molar-refractivity contribution >= 4 is 11.7 Å². The number of anilines is 1. The molecule has 2 aromatic carbocycles. The lowest BCUT2D eigenvalue weighted by atomic mass is 9.94. The number of aryl methyl sites for hydroxylation is 1. The molecule has 1 aliphatic heterocycles. The molecule has 0 unspecified atom stereocenters. The summed E-state index contributed by atoms with van der Waals surface area (Å²) in [5.41, 5.74) is 3.85. The number of aromatic nitrogens is 1. The van der Waals surface area contributed by atoms with E-state index in [1.807, 2.05) is 43.3 Å². The molecule has 3 aromatic rings. The zero-order valence-corrected chi connectivity index (χ0v) is 19.2. The first-order chi connectivity index (χ1) is 16.4. The number of ether oxygens (including phenoxy) is 1. The molecule has 0 spiro atoms. The van der Waals surface area contributed by atoms with Gasteiger partial charge in [0, 0.05) is 44.4 Å². The van der Waals surface area contributed by atoms with Crippen LogP contribution in [0, 0.1) is 18.6 Å². The van der Waals surface area contributed by atoms with Gasteiger partial charge in [-0.25, -0.2) is 13.6 Å². The highest BCUT2D eigenvalue weighted by Crippen LogP contribution is 2.29. The molecule has 0 aliphatic carbocycles. The van der Waals surface area contributed by atoms with Crippen molar-refractivity contribution in [1.82, 2.24) is 15.2 Å². The Bertz CT molecular complexity index is 1140. The standard InChI is InChI=1S/C26H28F2N4O2/c1-17-24(13-20(14-29-17)18-6-4-3-5-7-18)30-26(33)31-25-16-32(10-11-34-2)15-21(25)19-8-9-22(27)23(28)12-19/h3-9,12-14,21,25H,10-11,15-16H2,1-2H3,(H2,30,31,33)/t21-,25+/m0/s1. The second kappa shape index (κ2) is 10.7. The minimum atomic E-state index is -0.893. The molecule has 0 bridgehead atoms. The third kappa shape index (κ3) is 5.58. The summed E-state index contributed by atoms with van der Waals surface area (Å²) >= 11 is 0. The van der Waals surface area contributed by atoms with Crippen molar-refractivity contribution in [3.8, 4) is 11.1 Å². The Kier molecular flexibility index (Phi) is 7.49. The van der Waals surface area contributed by atoms with Crippen molar-refractivity contribution < 1.29 is 18.3 Å². The van der Waals surface area contributed by atoms with Gasteiger partial charge in [-0.05, 0) is 36.2 Å². The van der Waals surface area contributed by atoms with Gasteiger partial charge in [-0.15, -0.1) is 0 Å². The number of nitrogens with zero attached hydrogens (tertiary/aromatic N) is 2. The van der Waals surface area contributed by atoms with Gasteiger partial charge in [0.25, 0.3) is 0 Å². The minimum Gasteiger partial charge on any atom is -0.383 e. The third-order valence-electron chi connectivity index (χ3n) is 6.14. The number of carbonyl (C=O) groups excluding carboxylic acids is 1. The minimum absolute atomic E-state index is 0.187. The lowest BCUT2D eigenvalue weighted by Gasteiger charge is -2.21. The average Bonchev–Trinajstić information content (AvgIpc) is 3.23. The number of urea groups is 1. The summed E-state index contributed by atoms with van der Waals surface area (Å²) < 4.78 is 32.6. The molecule has 1 fully saturated rings. The fourth-order valence-corrected chi connectivity index (χ4v) is 4.29. The molecule has 8 heteroatoms. The van der Waals surface area contributed by atoms with Crippen LogP contribution in [0.2, 0.25) is 0 Å². The van der Waals surface area contributed by atoms with Crippen LogP contribution in [-0.4, -0.2) is 55.3 Å². The predicted molar refractivity (Wildman–Crippen MR) is 128 cm³/mol. The molecule has 2 N–H and O–H groups in total. The molecular formula is C26H28F2N4O2. The first-order valence-electron chi connectivity index (χ1n) is 11.2. The molecule has 1 aliphatic rings. The number of carbonyl (C=O) groups is 1. The van der Waals surface area contributed by atoms with Crippen molar-refractivity contribution in [2.24, 2.45) is 0 Å². The fraction of sp³-hybridized carbons (Fsp3) is 0.308. The van der Waals surface area contributed by atoms with E-state index in [-0.39, 0.29) is 18.0 Å². The second-order valence-electron chi connectivity index (χ2n) is 8.46. The molecule has 0 saturated carbocycles. The zero-order valence-electron chi connectivity index (χ0n) is 19.2. The molecule has 178 valence electrons. The predicted octanol–water partition coefficient (Wildman–Crippen LogP) is 4.57. The van der Waals surface area contributed by atoms with Crippen molar-refractivity contribution in [3.63, 3.8) is 0 Å². The van der Waals surface area contributed by atoms with E-state index in [4.69, 9.17) is 4.74 Å². The van der Waals surface area contributed by atoms with Gasteiger partial charge in [0.05, 0.1) is 24.0 Å². The van der Waals surface area contributed by atoms with E-state index in [1.165, 1.54) is 6.07 Å². The monoisotopic (exact) mass is 466 g/mol. The van der Waals surface area contributed by atoms with E-state index in [2.05, 4.69) is 20.5 Å². The highest BCUT2D eigenvalue weighted by atomic mass is 19.2. The largest absolute Gasteiger partial charge is 0.383 e. The number of hydrogen-bond donors (Lipinski definition) is 2. The topological polar surface area (TPSA) is 66.5 Å². The van der Waals surface area contributed by atoms with E-state index in [0.717, 1.165) is 17.2 Å². The van der Waals surface area contributed by atoms with E-state index in [0.29, 0.717) is 43.2 Å². The fourth-order valence-electron chi connectivity index (χ4n) is 4.29. The molecule has 1 saturated heterocycles. The Morgan fingerprint density at radius 2 is 1.88 bits per heavy atom. The maximum absolute atomic E-state index is 13.9. The van der Waals surface area contributed by atoms with Crippen LogP contribution < -0.4 is 10.6 Å². The zero-order chi connectivity index (χ0) is 24.1. The summed E-state index contributed by atoms with van der Waals surface area (Å²) in [7, 11) is 1.63. The Labute approximate surface area is 198 Å². The van der Waals surface area contributed by atoms with Crippen molar-refractivity contribution in [2.75, 3.05) is 38.7 Å². The summed E-state index contributed by atoms with van der Waals surface area (Å²) in [6.45, 7) is 4.22. The first kappa shape index (κ1) is 23.8. The van der Waals surface area contributed by atoms with E-state index in [1.54, 1.807) is 19.4 Å². The van der Waals surface area contributed by atoms with Gasteiger partial charge >= 0.3 is 6.03 Å². The number of methoxy groups -OCH3 is 1. The van der Waals surface area contributed by atoms with Crippen LogP contribution in [-0.2, 0) is 4.74 Å². The maximum atomic E-state index is 13.9. The highest BCUT2D eigenvalue weighted by molar-refractivity contribution is 5.91. The van der Waals surface area contributed by atoms with Gasteiger partial charge in [-0.2, -0.15) is 0 Å². The van der Waals surface area contributed by atoms with Gasteiger partial charge in [-0.1, -0.05) is 36.4 Å². The highest BCUT2D eigenvalue weighted by Gasteiger charge is 2.35. The first-order valence-corrected chi connectivity index (χ1v) is 11.2. The van der Waals surface area contributed by atoms with Crippen LogP contribution in [0.15, 0.2) is 60.8 Å². The smallest absolute Gasteiger partial charge is 0.319 e. The molecule has 34 heavy (non-hydrogen) atoms. The molecule has 2 heterocycles. The molecule has 2 atom stereocenters. The van der Waals surface area contributed by atoms with E-state index < -0.39 is 11.6 Å². The molecule has 2 amide bonds. The molecule has 4 rings (SSSR count). The van der Waals surface area contributed by atoms with Crippen LogP contribution >= 0.6 is 0 Å². The van der Waals surface area contributed by atoms with Crippen molar-refractivity contribution in [2.45, 2.75) is 18.9 Å². The van der Waals surface area contributed by atoms with Crippen LogP contribution in [0.5, 0.6) is 0 Å². The van der Waals surface area contributed by atoms with E-state index >= 15 is 0 Å². The lowest BCUT2D eigenvalue weighted by molar-refractivity contribution is 0.159. The number of amides is 2. The Morgan fingerprint density at radius 1 is 1.09 bits per heavy atom. The van der Waals surface area contributed by atoms with Gasteiger partial charge in [0.1, 0.15) is 0 Å². The van der Waals surface area contributed by atoms with Crippen molar-refractivity contribution in [1.29, 1.82) is 0 Å². The number of likely N-dealkylation sites (tertiary alicyclic amines) is 1. The van der Waals surface area contributed by atoms with Crippen molar-refractivity contribution in [3.05, 3.63) is 83.7 Å². The summed E-state index contributed by atoms with van der Waals surface area (Å²) in [5, 5.41) is 5.93. The third-order valence-corrected chi connectivity index (χ3v) is 6.14. The summed E-state index contributed by atoms with van der Waals surface area (Å²) in [5.74, 6) is -1.97. The molecule has 0 radical (unpaired) electrons. The molecular weight excluding hydrogens is 438 g/mol. The number of pyridine rings is 1. The summed E-state index contributed by atoms with van der Waals surface area (Å²) in [4.78, 5) is 19.5. The normalized spacial score (nSPS) is 18.1. The molecule has 6 nitrogen and oxygen atoms in total. The van der Waals surface area contributed by atoms with Gasteiger partial charge in [-0.3, -0.25) is 9.88 Å². The maximum Gasteiger partial charge on any atom is 0.319 e. The Hall–Kier alpha value is -3.36. The van der Waals surface area contributed by atoms with Crippen LogP contribution in [0.1, 0.15) is 17.2 Å². The van der Waals surface area contributed by atoms with Gasteiger partial charge in [0.15, 0.2) is 11.6 Å². The molecule has 1 aromatic heterocycles. The summed E-state index contributed by atoms with van der Waals surface area (Å²) in [6.07, 6.45) is 1.78. The Balaban J connectivity index is 1.50. The second-order valence-corrected chi connectivity index (χ2v) is 8.46. The summed E-state index contributed by atoms with van der Waals surface area (Å²) in [6, 6.07) is 15.0. The van der Waals surface area contributed by atoms with Crippen LogP contribution in [0.25, 0.3) is 11.1 Å². The van der Waals surface area contributed by atoms with Gasteiger partial charge < -0.3 is 15.4 Å². The lowest BCUT2D eigenvalue weighted by Crippen LogP contribution is -2.42. The number of nitrogens with one attached hydrogen (secondary N) is 2. The average molecular weight is 467 g/mol. The number of rotatable bonds is 7.